The Morgan fingerprint density at radius 1 is 0.500 bits per heavy atom. The first-order valence-electron chi connectivity index (χ1n) is 23.6. The Hall–Kier alpha value is -5.08. The van der Waals surface area contributed by atoms with Crippen LogP contribution in [0.2, 0.25) is 0 Å². The summed E-state index contributed by atoms with van der Waals surface area (Å²) in [7, 11) is 0. The molecule has 0 bridgehead atoms. The van der Waals surface area contributed by atoms with Crippen LogP contribution in [-0.4, -0.2) is 9.13 Å². The van der Waals surface area contributed by atoms with Gasteiger partial charge in [0.15, 0.2) is 0 Å². The first kappa shape index (κ1) is 9.53. The standard InChI is InChI=1S/C38H28N2/c1-3-11-28(12-4-1)29-21-19-27(20-22-29)25-26-39-34-17-9-7-15-31(34)32-23-24-36-37(38(32)39)33-16-8-10-18-35(33)40(36)30-13-5-2-6-14-30/h1-24H,25-26H2/i1D,2D,3D,4D,5D,6D,7D,8D,9D,10D,11D,12D,13D,14D,15D,16D,17D,18D,19D,20D,21D,22D,23D. The highest BCUT2D eigenvalue weighted by Gasteiger charge is 2.19. The van der Waals surface area contributed by atoms with Crippen molar-refractivity contribution in [3.63, 3.8) is 0 Å². The smallest absolute Gasteiger partial charge is 0.0645 e. The van der Waals surface area contributed by atoms with E-state index >= 15 is 0 Å². The number of benzene rings is 6. The topological polar surface area (TPSA) is 9.86 Å². The van der Waals surface area contributed by atoms with Gasteiger partial charge in [0.2, 0.25) is 0 Å². The SMILES string of the molecule is [2H]c1c([2H])c([2H])c(-c2c([2H])c([2H])c(CCn3c4c([2H])c([2H])c([2H])c([2H])c4c4c([2H])cc5c(c6c([2H])c([2H])c([2H])c([2H])c6n5-c5c([2H])c([2H])c([2H])c([2H])c5[2H])c43)c([2H])c2[2H])c([2H])c1[2H]. The molecule has 0 N–H and O–H groups in total. The molecule has 0 saturated heterocycles. The molecule has 40 heavy (non-hydrogen) atoms. The molecule has 0 saturated carbocycles. The second-order valence-corrected chi connectivity index (χ2v) is 8.78. The van der Waals surface area contributed by atoms with Crippen LogP contribution in [0.3, 0.4) is 0 Å². The summed E-state index contributed by atoms with van der Waals surface area (Å²) < 4.78 is 202. The zero-order valence-electron chi connectivity index (χ0n) is 43.4. The Morgan fingerprint density at radius 3 is 1.90 bits per heavy atom. The summed E-state index contributed by atoms with van der Waals surface area (Å²) in [4.78, 5) is 0. The van der Waals surface area contributed by atoms with Crippen molar-refractivity contribution in [2.45, 2.75) is 13.0 Å². The lowest BCUT2D eigenvalue weighted by Gasteiger charge is -2.11. The highest BCUT2D eigenvalue weighted by Crippen LogP contribution is 2.40. The van der Waals surface area contributed by atoms with Crippen LogP contribution in [0.15, 0.2) is 145 Å². The normalized spacial score (nSPS) is 19.8. The van der Waals surface area contributed by atoms with E-state index in [0.717, 1.165) is 10.6 Å². The molecule has 0 aliphatic carbocycles. The maximum Gasteiger partial charge on any atom is 0.0645 e. The molecule has 2 heteroatoms. The van der Waals surface area contributed by atoms with Crippen molar-refractivity contribution >= 4 is 43.6 Å². The number of nitrogens with zero attached hydrogens (tertiary/aromatic N) is 2. The molecular formula is C38H28N2. The Balaban J connectivity index is 1.53. The van der Waals surface area contributed by atoms with Gasteiger partial charge in [-0.15, -0.1) is 0 Å². The Kier molecular flexibility index (Phi) is 2.21. The third-order valence-electron chi connectivity index (χ3n) is 6.65. The van der Waals surface area contributed by atoms with E-state index in [-0.39, 0.29) is 49.2 Å². The van der Waals surface area contributed by atoms with Crippen molar-refractivity contribution in [1.29, 1.82) is 0 Å². The summed E-state index contributed by atoms with van der Waals surface area (Å²) >= 11 is 0. The van der Waals surface area contributed by atoms with E-state index in [1.807, 2.05) is 0 Å². The molecule has 8 rings (SSSR count). The van der Waals surface area contributed by atoms with Crippen LogP contribution < -0.4 is 0 Å². The van der Waals surface area contributed by atoms with E-state index in [1.54, 1.807) is 0 Å². The van der Waals surface area contributed by atoms with E-state index < -0.39 is 169 Å². The molecule has 6 aromatic carbocycles. The number of hydrogen-bond acceptors (Lipinski definition) is 0. The average Bonchev–Trinajstić information content (AvgIpc) is 3.77. The highest BCUT2D eigenvalue weighted by atomic mass is 15.0. The number of aromatic nitrogens is 2. The summed E-state index contributed by atoms with van der Waals surface area (Å²) in [6, 6.07) is -15.1. The van der Waals surface area contributed by atoms with Gasteiger partial charge in [-0.25, -0.2) is 0 Å². The summed E-state index contributed by atoms with van der Waals surface area (Å²) in [6.45, 7) is -0.446. The molecule has 2 heterocycles. The number of rotatable bonds is 5. The third kappa shape index (κ3) is 3.57. The number of para-hydroxylation sites is 3. The van der Waals surface area contributed by atoms with E-state index in [1.165, 1.54) is 4.57 Å². The van der Waals surface area contributed by atoms with Crippen molar-refractivity contribution in [1.82, 2.24) is 9.13 Å². The molecule has 0 aliphatic heterocycles. The van der Waals surface area contributed by atoms with Crippen LogP contribution in [0.4, 0.5) is 0 Å². The van der Waals surface area contributed by atoms with E-state index in [0.29, 0.717) is 0 Å². The fraction of sp³-hybridized carbons (Fsp3) is 0.0526. The zero-order chi connectivity index (χ0) is 46.5. The fourth-order valence-electron chi connectivity index (χ4n) is 4.98. The lowest BCUT2D eigenvalue weighted by atomic mass is 10.0. The quantitative estimate of drug-likeness (QED) is 0.208. The predicted octanol–water partition coefficient (Wildman–Crippen LogP) is 9.80. The van der Waals surface area contributed by atoms with Crippen LogP contribution >= 0.6 is 0 Å². The largest absolute Gasteiger partial charge is 0.340 e. The Morgan fingerprint density at radius 2 is 1.12 bits per heavy atom. The molecule has 0 aliphatic rings. The minimum atomic E-state index is -0.774. The van der Waals surface area contributed by atoms with Gasteiger partial charge in [0.05, 0.1) is 48.1 Å². The molecule has 0 amide bonds. The molecular weight excluding hydrogens is 484 g/mol. The summed E-state index contributed by atoms with van der Waals surface area (Å²) in [5.41, 5.74) is -2.78. The van der Waals surface area contributed by atoms with Gasteiger partial charge in [-0.3, -0.25) is 0 Å². The van der Waals surface area contributed by atoms with Crippen LogP contribution in [0.1, 0.15) is 37.1 Å². The first-order valence-corrected chi connectivity index (χ1v) is 12.1. The number of aryl methyl sites for hydroxylation is 1. The van der Waals surface area contributed by atoms with Crippen LogP contribution in [0.25, 0.3) is 60.4 Å². The predicted molar refractivity (Wildman–Crippen MR) is 169 cm³/mol. The summed E-state index contributed by atoms with van der Waals surface area (Å²) in [6.07, 6.45) is -0.443. The van der Waals surface area contributed by atoms with Gasteiger partial charge in [0.1, 0.15) is 0 Å². The fourth-order valence-corrected chi connectivity index (χ4v) is 4.98. The monoisotopic (exact) mass is 535 g/mol. The molecule has 8 aromatic rings. The summed E-state index contributed by atoms with van der Waals surface area (Å²) in [5, 5.41) is -0.699. The zero-order valence-corrected chi connectivity index (χ0v) is 20.4. The lowest BCUT2D eigenvalue weighted by molar-refractivity contribution is 0.746. The molecule has 2 nitrogen and oxygen atoms in total. The molecule has 2 aromatic heterocycles. The first-order chi connectivity index (χ1) is 29.4. The third-order valence-corrected chi connectivity index (χ3v) is 6.65. The number of fused-ring (bicyclic) bond motifs is 7. The van der Waals surface area contributed by atoms with E-state index in [2.05, 4.69) is 0 Å². The van der Waals surface area contributed by atoms with Crippen molar-refractivity contribution < 1.29 is 31.5 Å². The van der Waals surface area contributed by atoms with E-state index in [9.17, 15) is 1.37 Å². The Labute approximate surface area is 265 Å². The van der Waals surface area contributed by atoms with Crippen molar-refractivity contribution in [3.05, 3.63) is 151 Å². The van der Waals surface area contributed by atoms with Crippen molar-refractivity contribution in [2.75, 3.05) is 0 Å². The van der Waals surface area contributed by atoms with Gasteiger partial charge in [-0.2, -0.15) is 0 Å². The van der Waals surface area contributed by atoms with Gasteiger partial charge >= 0.3 is 0 Å². The second kappa shape index (κ2) is 9.29. The summed E-state index contributed by atoms with van der Waals surface area (Å²) in [5.74, 6) is 0. The van der Waals surface area contributed by atoms with Gasteiger partial charge in [0.25, 0.3) is 0 Å². The molecule has 0 fully saturated rings. The average molecular weight is 536 g/mol. The highest BCUT2D eigenvalue weighted by molar-refractivity contribution is 6.25. The van der Waals surface area contributed by atoms with Gasteiger partial charge < -0.3 is 9.13 Å². The number of hydrogen-bond donors (Lipinski definition) is 0. The Bertz CT molecular complexity index is 3350. The van der Waals surface area contributed by atoms with Crippen molar-refractivity contribution in [3.8, 4) is 16.8 Å². The van der Waals surface area contributed by atoms with Gasteiger partial charge in [-0.05, 0) is 53.3 Å². The van der Waals surface area contributed by atoms with Crippen molar-refractivity contribution in [2.24, 2.45) is 0 Å². The van der Waals surface area contributed by atoms with E-state index in [4.69, 9.17) is 30.2 Å². The van der Waals surface area contributed by atoms with Crippen LogP contribution in [0.5, 0.6) is 0 Å². The molecule has 0 spiro atoms. The van der Waals surface area contributed by atoms with Crippen LogP contribution in [0, 0.1) is 0 Å². The lowest BCUT2D eigenvalue weighted by Crippen LogP contribution is -2.01. The van der Waals surface area contributed by atoms with Crippen LogP contribution in [-0.2, 0) is 13.0 Å². The molecule has 0 unspecified atom stereocenters. The maximum absolute atomic E-state index is 9.36. The minimum Gasteiger partial charge on any atom is -0.340 e. The minimum absolute atomic E-state index is 0.112. The molecule has 0 radical (unpaired) electrons. The van der Waals surface area contributed by atoms with Gasteiger partial charge in [0, 0.05) is 39.3 Å². The molecule has 0 atom stereocenters. The second-order valence-electron chi connectivity index (χ2n) is 8.78. The molecule has 190 valence electrons. The van der Waals surface area contributed by atoms with Gasteiger partial charge in [-0.1, -0.05) is 115 Å². The maximum atomic E-state index is 9.36.